The molecule has 1 aromatic heterocycles. The zero-order chi connectivity index (χ0) is 20.0. The van der Waals surface area contributed by atoms with Gasteiger partial charge in [-0.2, -0.15) is 0 Å². The number of nitrogens with zero attached hydrogens (tertiary/aromatic N) is 1. The predicted octanol–water partition coefficient (Wildman–Crippen LogP) is 4.21. The highest BCUT2D eigenvalue weighted by Crippen LogP contribution is 2.65. The minimum Gasteiger partial charge on any atom is -0.376 e. The molecular weight excluding hydrogens is 396 g/mol. The highest BCUT2D eigenvalue weighted by Gasteiger charge is 2.61. The second-order valence-corrected chi connectivity index (χ2v) is 12.1. The summed E-state index contributed by atoms with van der Waals surface area (Å²) in [5, 5.41) is 4.15. The number of fused-ring (bicyclic) bond motifs is 3. The van der Waals surface area contributed by atoms with Gasteiger partial charge >= 0.3 is 0 Å². The molecule has 8 rings (SSSR count). The summed E-state index contributed by atoms with van der Waals surface area (Å²) in [4.78, 5) is 30.6. The quantitative estimate of drug-likeness (QED) is 0.788. The van der Waals surface area contributed by atoms with Crippen LogP contribution >= 0.6 is 11.3 Å². The maximum absolute atomic E-state index is 13.7. The summed E-state index contributed by atoms with van der Waals surface area (Å²) in [6, 6.07) is 0.404. The molecule has 3 heterocycles. The molecule has 0 spiro atoms. The summed E-state index contributed by atoms with van der Waals surface area (Å²) in [6.07, 6.45) is 10.3. The number of rotatable bonds is 3. The molecule has 7 aliphatic rings. The fraction of sp³-hybridized carbons (Fsp3) is 0.750. The smallest absolute Gasteiger partial charge is 0.257 e. The Labute approximate surface area is 181 Å². The Balaban J connectivity index is 1.22. The van der Waals surface area contributed by atoms with Crippen molar-refractivity contribution in [2.24, 2.45) is 29.1 Å². The molecule has 0 aromatic carbocycles. The normalized spacial score (nSPS) is 40.3. The van der Waals surface area contributed by atoms with E-state index < -0.39 is 0 Å². The fourth-order valence-electron chi connectivity index (χ4n) is 8.26. The number of amides is 2. The maximum atomic E-state index is 13.7. The van der Waals surface area contributed by atoms with E-state index in [4.69, 9.17) is 4.74 Å². The van der Waals surface area contributed by atoms with Crippen LogP contribution in [0.3, 0.4) is 0 Å². The lowest BCUT2D eigenvalue weighted by molar-refractivity contribution is -0.127. The highest BCUT2D eigenvalue weighted by molar-refractivity contribution is 7.17. The summed E-state index contributed by atoms with van der Waals surface area (Å²) in [6.45, 7) is 2.13. The highest BCUT2D eigenvalue weighted by atomic mass is 32.1. The number of hydrogen-bond donors (Lipinski definition) is 1. The van der Waals surface area contributed by atoms with E-state index in [0.29, 0.717) is 31.1 Å². The second-order valence-electron chi connectivity index (χ2n) is 11.0. The van der Waals surface area contributed by atoms with Crippen LogP contribution in [0.5, 0.6) is 0 Å². The zero-order valence-electron chi connectivity index (χ0n) is 17.5. The van der Waals surface area contributed by atoms with Gasteiger partial charge in [-0.15, -0.1) is 11.3 Å². The Hall–Kier alpha value is -1.40. The third-order valence-corrected chi connectivity index (χ3v) is 10.5. The Morgan fingerprint density at radius 3 is 2.63 bits per heavy atom. The summed E-state index contributed by atoms with van der Waals surface area (Å²) >= 11 is 1.59. The number of thiophene rings is 1. The summed E-state index contributed by atoms with van der Waals surface area (Å²) in [7, 11) is 0. The van der Waals surface area contributed by atoms with E-state index in [2.05, 4.69) is 10.2 Å². The third kappa shape index (κ3) is 2.44. The SMILES string of the molecule is O=C(c1c(NC(=O)C23CC4CC(CC2C4)C3)sc2c1CCOC2)N1CC2CCC1C2. The van der Waals surface area contributed by atoms with Gasteiger partial charge in [-0.05, 0) is 87.0 Å². The molecule has 0 radical (unpaired) electrons. The molecule has 1 aromatic rings. The first-order chi connectivity index (χ1) is 14.6. The van der Waals surface area contributed by atoms with Gasteiger partial charge in [-0.1, -0.05) is 0 Å². The number of carbonyl (C=O) groups is 2. The molecule has 6 heteroatoms. The van der Waals surface area contributed by atoms with Crippen LogP contribution in [-0.2, 0) is 22.6 Å². The monoisotopic (exact) mass is 426 g/mol. The van der Waals surface area contributed by atoms with E-state index in [1.165, 1.54) is 25.7 Å². The van der Waals surface area contributed by atoms with E-state index in [1.54, 1.807) is 11.3 Å². The first-order valence-electron chi connectivity index (χ1n) is 12.0. The number of ether oxygens (including phenoxy) is 1. The van der Waals surface area contributed by atoms with Gasteiger partial charge in [0, 0.05) is 17.5 Å². The van der Waals surface area contributed by atoms with Gasteiger partial charge in [0.25, 0.3) is 5.91 Å². The largest absolute Gasteiger partial charge is 0.376 e. The molecule has 2 amide bonds. The number of piperidine rings is 1. The van der Waals surface area contributed by atoms with E-state index in [9.17, 15) is 9.59 Å². The molecule has 2 aliphatic heterocycles. The molecule has 1 N–H and O–H groups in total. The summed E-state index contributed by atoms with van der Waals surface area (Å²) < 4.78 is 5.68. The molecule has 5 aliphatic carbocycles. The fourth-order valence-corrected chi connectivity index (χ4v) is 9.43. The van der Waals surface area contributed by atoms with Crippen molar-refractivity contribution in [3.63, 3.8) is 0 Å². The average Bonchev–Trinajstić information content (AvgIpc) is 3.52. The van der Waals surface area contributed by atoms with Gasteiger partial charge in [-0.25, -0.2) is 0 Å². The van der Waals surface area contributed by atoms with E-state index in [1.807, 2.05) is 0 Å². The predicted molar refractivity (Wildman–Crippen MR) is 114 cm³/mol. The van der Waals surface area contributed by atoms with Crippen molar-refractivity contribution in [3.05, 3.63) is 16.0 Å². The van der Waals surface area contributed by atoms with Gasteiger partial charge < -0.3 is 15.0 Å². The van der Waals surface area contributed by atoms with E-state index in [-0.39, 0.29) is 17.2 Å². The molecule has 4 atom stereocenters. The zero-order valence-corrected chi connectivity index (χ0v) is 18.3. The molecule has 160 valence electrons. The molecule has 6 fully saturated rings. The van der Waals surface area contributed by atoms with Crippen molar-refractivity contribution in [2.75, 3.05) is 18.5 Å². The van der Waals surface area contributed by atoms with Gasteiger partial charge in [0.2, 0.25) is 5.91 Å². The maximum Gasteiger partial charge on any atom is 0.257 e. The molecule has 4 unspecified atom stereocenters. The minimum atomic E-state index is -0.165. The van der Waals surface area contributed by atoms with Gasteiger partial charge in [0.1, 0.15) is 5.00 Å². The lowest BCUT2D eigenvalue weighted by Crippen LogP contribution is -2.40. The number of carbonyl (C=O) groups excluding carboxylic acids is 2. The third-order valence-electron chi connectivity index (χ3n) is 9.37. The van der Waals surface area contributed by atoms with Crippen LogP contribution in [0.15, 0.2) is 0 Å². The van der Waals surface area contributed by atoms with Gasteiger partial charge in [0.15, 0.2) is 0 Å². The number of nitrogens with one attached hydrogen (secondary N) is 1. The Morgan fingerprint density at radius 1 is 1.07 bits per heavy atom. The van der Waals surface area contributed by atoms with Crippen molar-refractivity contribution < 1.29 is 14.3 Å². The first kappa shape index (κ1) is 18.2. The molecule has 5 nitrogen and oxygen atoms in total. The molecule has 1 saturated heterocycles. The molecular formula is C24H30N2O3S. The lowest BCUT2D eigenvalue weighted by atomic mass is 9.75. The average molecular weight is 427 g/mol. The van der Waals surface area contributed by atoms with Crippen LogP contribution in [0.4, 0.5) is 5.00 Å². The van der Waals surface area contributed by atoms with Crippen LogP contribution in [0.25, 0.3) is 0 Å². The van der Waals surface area contributed by atoms with Crippen molar-refractivity contribution in [2.45, 2.75) is 70.4 Å². The Kier molecular flexibility index (Phi) is 3.83. The standard InChI is InChI=1S/C24H30N2O3S/c27-22(26-11-13-1-2-17(26)8-13)20-18-3-4-29-12-19(18)30-21(20)25-23(28)24-9-14-5-15(10-24)7-16(24)6-14/h13-17H,1-12H2,(H,25,28). The van der Waals surface area contributed by atoms with Crippen LogP contribution in [0, 0.1) is 29.1 Å². The van der Waals surface area contributed by atoms with Crippen LogP contribution in [0.2, 0.25) is 0 Å². The van der Waals surface area contributed by atoms with Crippen molar-refractivity contribution in [1.82, 2.24) is 4.90 Å². The van der Waals surface area contributed by atoms with Crippen LogP contribution in [-0.4, -0.2) is 35.9 Å². The van der Waals surface area contributed by atoms with Gasteiger partial charge in [-0.3, -0.25) is 9.59 Å². The van der Waals surface area contributed by atoms with Crippen molar-refractivity contribution >= 4 is 28.2 Å². The van der Waals surface area contributed by atoms with E-state index >= 15 is 0 Å². The molecule has 6 bridgehead atoms. The van der Waals surface area contributed by atoms with Gasteiger partial charge in [0.05, 0.1) is 24.2 Å². The van der Waals surface area contributed by atoms with Crippen LogP contribution in [0.1, 0.15) is 72.2 Å². The topological polar surface area (TPSA) is 58.6 Å². The second kappa shape index (κ2) is 6.32. The molecule has 30 heavy (non-hydrogen) atoms. The number of hydrogen-bond acceptors (Lipinski definition) is 4. The Bertz CT molecular complexity index is 925. The summed E-state index contributed by atoms with van der Waals surface area (Å²) in [5.74, 6) is 3.10. The van der Waals surface area contributed by atoms with E-state index in [0.717, 1.165) is 71.5 Å². The first-order valence-corrected chi connectivity index (χ1v) is 12.8. The summed E-state index contributed by atoms with van der Waals surface area (Å²) in [5.41, 5.74) is 1.78. The molecule has 5 saturated carbocycles. The van der Waals surface area contributed by atoms with Crippen molar-refractivity contribution in [3.8, 4) is 0 Å². The number of anilines is 1. The van der Waals surface area contributed by atoms with Crippen LogP contribution < -0.4 is 5.32 Å². The van der Waals surface area contributed by atoms with Crippen molar-refractivity contribution in [1.29, 1.82) is 0 Å². The number of likely N-dealkylation sites (tertiary alicyclic amines) is 1. The Morgan fingerprint density at radius 2 is 1.90 bits per heavy atom. The lowest BCUT2D eigenvalue weighted by Gasteiger charge is -2.32. The minimum absolute atomic E-state index is 0.159.